The van der Waals surface area contributed by atoms with Crippen LogP contribution in [0, 0.1) is 5.92 Å². The number of halogens is 3. The summed E-state index contributed by atoms with van der Waals surface area (Å²) in [6, 6.07) is 1.61. The van der Waals surface area contributed by atoms with Crippen molar-refractivity contribution in [1.82, 2.24) is 10.3 Å². The first-order valence-electron chi connectivity index (χ1n) is 7.78. The van der Waals surface area contributed by atoms with Crippen LogP contribution in [0.4, 0.5) is 13.2 Å². The van der Waals surface area contributed by atoms with E-state index < -0.39 is 11.7 Å². The number of aromatic nitrogens is 1. The average molecular weight is 348 g/mol. The number of nitrogens with zero attached hydrogens (tertiary/aromatic N) is 1. The van der Waals surface area contributed by atoms with Gasteiger partial charge in [-0.15, -0.1) is 0 Å². The normalized spacial score (nSPS) is 14.4. The van der Waals surface area contributed by atoms with Gasteiger partial charge < -0.3 is 5.32 Å². The maximum Gasteiger partial charge on any atom is 0.417 e. The largest absolute Gasteiger partial charge is 0.417 e. The first-order valence-corrected chi connectivity index (χ1v) is 7.78. The molecular formula is C19H19F3N2O. The van der Waals surface area contributed by atoms with Crippen LogP contribution in [0.3, 0.4) is 0 Å². The van der Waals surface area contributed by atoms with Gasteiger partial charge in [-0.3, -0.25) is 4.79 Å². The number of alkyl halides is 3. The molecular weight excluding hydrogens is 329 g/mol. The number of nitrogens with one attached hydrogen (secondary N) is 1. The molecule has 1 fully saturated rings. The molecule has 0 aromatic carbocycles. The topological polar surface area (TPSA) is 42.0 Å². The second kappa shape index (κ2) is 7.51. The third-order valence-electron chi connectivity index (χ3n) is 3.79. The third-order valence-corrected chi connectivity index (χ3v) is 3.79. The molecule has 0 bridgehead atoms. The number of carbonyl (C=O) groups excluding carboxylic acids is 1. The van der Waals surface area contributed by atoms with E-state index in [1.54, 1.807) is 18.2 Å². The molecule has 3 nitrogen and oxygen atoms in total. The average Bonchev–Trinajstić information content (AvgIpc) is 3.41. The molecule has 0 spiro atoms. The van der Waals surface area contributed by atoms with Crippen LogP contribution in [-0.2, 0) is 4.79 Å². The van der Waals surface area contributed by atoms with Crippen LogP contribution >= 0.6 is 0 Å². The molecule has 1 aromatic rings. The maximum atomic E-state index is 13.0. The van der Waals surface area contributed by atoms with Crippen molar-refractivity contribution >= 4 is 29.7 Å². The van der Waals surface area contributed by atoms with Crippen molar-refractivity contribution in [2.75, 3.05) is 6.54 Å². The summed E-state index contributed by atoms with van der Waals surface area (Å²) >= 11 is 0. The van der Waals surface area contributed by atoms with Gasteiger partial charge in [0.25, 0.3) is 0 Å². The van der Waals surface area contributed by atoms with Gasteiger partial charge in [-0.25, -0.2) is 4.98 Å². The van der Waals surface area contributed by atoms with Crippen molar-refractivity contribution in [1.29, 1.82) is 0 Å². The fourth-order valence-corrected chi connectivity index (χ4v) is 2.26. The van der Waals surface area contributed by atoms with Crippen LogP contribution in [0.15, 0.2) is 31.9 Å². The Bertz CT molecular complexity index is 744. The van der Waals surface area contributed by atoms with E-state index in [1.165, 1.54) is 12.2 Å². The number of pyridine rings is 1. The van der Waals surface area contributed by atoms with Crippen molar-refractivity contribution < 1.29 is 18.0 Å². The number of rotatable bonds is 7. The van der Waals surface area contributed by atoms with Gasteiger partial charge in [0.2, 0.25) is 5.91 Å². The molecule has 1 aromatic heterocycles. The molecule has 1 N–H and O–H groups in total. The highest BCUT2D eigenvalue weighted by molar-refractivity contribution is 5.81. The smallest absolute Gasteiger partial charge is 0.352 e. The highest BCUT2D eigenvalue weighted by atomic mass is 19.4. The standard InChI is InChI=1S/C19H19F3N2O/c1-4-13-11-15(7-6-10-23-18(25)14-8-9-14)24-17(16(13)5-2)12(3)19(20,21)22/h4-7,11,14H,1-3,8-10H2,(H,23,25)/b7-6+. The fraction of sp³-hybridized carbons (Fsp3) is 0.263. The quantitative estimate of drug-likeness (QED) is 0.789. The van der Waals surface area contributed by atoms with Gasteiger partial charge in [0.05, 0.1) is 17.0 Å². The first-order chi connectivity index (χ1) is 11.8. The van der Waals surface area contributed by atoms with Gasteiger partial charge in [0.1, 0.15) is 0 Å². The lowest BCUT2D eigenvalue weighted by molar-refractivity contribution is -0.122. The molecule has 0 aliphatic heterocycles. The predicted octanol–water partition coefficient (Wildman–Crippen LogP) is 4.48. The van der Waals surface area contributed by atoms with Gasteiger partial charge in [0.15, 0.2) is 0 Å². The minimum Gasteiger partial charge on any atom is -0.352 e. The lowest BCUT2D eigenvalue weighted by atomic mass is 10.00. The molecule has 1 amide bonds. The van der Waals surface area contributed by atoms with E-state index in [2.05, 4.69) is 30.0 Å². The van der Waals surface area contributed by atoms with E-state index in [0.29, 0.717) is 17.8 Å². The molecule has 1 saturated carbocycles. The van der Waals surface area contributed by atoms with Crippen molar-refractivity contribution in [3.05, 3.63) is 54.4 Å². The van der Waals surface area contributed by atoms with Gasteiger partial charge in [0, 0.05) is 18.0 Å². The van der Waals surface area contributed by atoms with E-state index in [4.69, 9.17) is 0 Å². The summed E-state index contributed by atoms with van der Waals surface area (Å²) in [5.41, 5.74) is -0.283. The fourth-order valence-electron chi connectivity index (χ4n) is 2.26. The number of allylic oxidation sites excluding steroid dienone is 1. The summed E-state index contributed by atoms with van der Waals surface area (Å²) < 4.78 is 39.1. The highest BCUT2D eigenvalue weighted by Gasteiger charge is 2.35. The molecule has 25 heavy (non-hydrogen) atoms. The van der Waals surface area contributed by atoms with E-state index in [-0.39, 0.29) is 23.1 Å². The first kappa shape index (κ1) is 18.7. The summed E-state index contributed by atoms with van der Waals surface area (Å²) in [6.07, 6.45) is 3.17. The Labute approximate surface area is 144 Å². The SMILES string of the molecule is C=Cc1cc(/C=C/CNC(=O)C2CC2)nc(C(=C)C(F)(F)F)c1C=C. The lowest BCUT2D eigenvalue weighted by Crippen LogP contribution is -2.24. The summed E-state index contributed by atoms with van der Waals surface area (Å²) in [4.78, 5) is 15.6. The minimum absolute atomic E-state index is 0.00228. The number of amides is 1. The number of hydrogen-bond acceptors (Lipinski definition) is 2. The lowest BCUT2D eigenvalue weighted by Gasteiger charge is -2.15. The Balaban J connectivity index is 2.25. The number of hydrogen-bond donors (Lipinski definition) is 1. The maximum absolute atomic E-state index is 13.0. The second-order valence-corrected chi connectivity index (χ2v) is 5.70. The van der Waals surface area contributed by atoms with Gasteiger partial charge in [-0.05, 0) is 30.5 Å². The zero-order valence-electron chi connectivity index (χ0n) is 13.7. The van der Waals surface area contributed by atoms with Crippen LogP contribution < -0.4 is 5.32 Å². The molecule has 1 heterocycles. The zero-order valence-corrected chi connectivity index (χ0v) is 13.7. The Morgan fingerprint density at radius 3 is 2.52 bits per heavy atom. The minimum atomic E-state index is -4.59. The van der Waals surface area contributed by atoms with E-state index >= 15 is 0 Å². The molecule has 0 atom stereocenters. The Morgan fingerprint density at radius 1 is 1.32 bits per heavy atom. The monoisotopic (exact) mass is 348 g/mol. The van der Waals surface area contributed by atoms with Crippen molar-refractivity contribution in [3.63, 3.8) is 0 Å². The van der Waals surface area contributed by atoms with Crippen molar-refractivity contribution in [2.45, 2.75) is 19.0 Å². The van der Waals surface area contributed by atoms with Crippen LogP contribution in [0.25, 0.3) is 23.8 Å². The highest BCUT2D eigenvalue weighted by Crippen LogP contribution is 2.35. The Kier molecular flexibility index (Phi) is 5.62. The summed E-state index contributed by atoms with van der Waals surface area (Å²) in [7, 11) is 0. The second-order valence-electron chi connectivity index (χ2n) is 5.70. The van der Waals surface area contributed by atoms with Crippen LogP contribution in [0.5, 0.6) is 0 Å². The summed E-state index contributed by atoms with van der Waals surface area (Å²) in [5.74, 6) is 0.102. The van der Waals surface area contributed by atoms with E-state index in [0.717, 1.165) is 12.8 Å². The van der Waals surface area contributed by atoms with Gasteiger partial charge in [-0.1, -0.05) is 38.0 Å². The molecule has 1 aliphatic rings. The Morgan fingerprint density at radius 2 is 2.00 bits per heavy atom. The molecule has 0 radical (unpaired) electrons. The van der Waals surface area contributed by atoms with Crippen LogP contribution in [-0.4, -0.2) is 23.6 Å². The van der Waals surface area contributed by atoms with Crippen molar-refractivity contribution in [2.24, 2.45) is 5.92 Å². The molecule has 2 rings (SSSR count). The van der Waals surface area contributed by atoms with Crippen LogP contribution in [0.1, 0.15) is 35.4 Å². The van der Waals surface area contributed by atoms with Gasteiger partial charge >= 0.3 is 6.18 Å². The van der Waals surface area contributed by atoms with Gasteiger partial charge in [-0.2, -0.15) is 13.2 Å². The van der Waals surface area contributed by atoms with E-state index in [9.17, 15) is 18.0 Å². The molecule has 6 heteroatoms. The Hall–Kier alpha value is -2.63. The third kappa shape index (κ3) is 4.68. The molecule has 1 aliphatic carbocycles. The molecule has 0 saturated heterocycles. The molecule has 0 unspecified atom stereocenters. The summed E-state index contributed by atoms with van der Waals surface area (Å²) in [5, 5.41) is 2.74. The predicted molar refractivity (Wildman–Crippen MR) is 94.3 cm³/mol. The molecule has 132 valence electrons. The van der Waals surface area contributed by atoms with E-state index in [1.807, 2.05) is 0 Å². The zero-order chi connectivity index (χ0) is 18.6. The van der Waals surface area contributed by atoms with Crippen molar-refractivity contribution in [3.8, 4) is 0 Å². The van der Waals surface area contributed by atoms with Crippen LogP contribution in [0.2, 0.25) is 0 Å². The summed E-state index contributed by atoms with van der Waals surface area (Å²) in [6.45, 7) is 10.6. The number of carbonyl (C=O) groups is 1.